The van der Waals surface area contributed by atoms with Gasteiger partial charge in [0.1, 0.15) is 16.5 Å². The van der Waals surface area contributed by atoms with E-state index in [4.69, 9.17) is 0 Å². The highest BCUT2D eigenvalue weighted by Crippen LogP contribution is 2.45. The van der Waals surface area contributed by atoms with Crippen LogP contribution in [0.5, 0.6) is 0 Å². The lowest BCUT2D eigenvalue weighted by atomic mass is 10.1. The van der Waals surface area contributed by atoms with Gasteiger partial charge in [-0.1, -0.05) is 80.6 Å². The summed E-state index contributed by atoms with van der Waals surface area (Å²) in [5, 5.41) is 0.961. The van der Waals surface area contributed by atoms with E-state index in [1.54, 1.807) is 0 Å². The molecule has 0 saturated heterocycles. The van der Waals surface area contributed by atoms with E-state index >= 15 is 0 Å². The van der Waals surface area contributed by atoms with Gasteiger partial charge in [0.15, 0.2) is 0 Å². The highest BCUT2D eigenvalue weighted by Gasteiger charge is 2.47. The molecule has 0 aromatic heterocycles. The molecule has 1 N–H and O–H groups in total. The summed E-state index contributed by atoms with van der Waals surface area (Å²) in [6, 6.07) is 0. The first-order valence-electron chi connectivity index (χ1n) is 8.12. The molecule has 0 aromatic rings. The van der Waals surface area contributed by atoms with Crippen LogP contribution in [0.2, 0.25) is 36.3 Å². The Morgan fingerprint density at radius 1 is 0.684 bits per heavy atom. The van der Waals surface area contributed by atoms with Crippen molar-refractivity contribution in [2.75, 3.05) is 0 Å². The van der Waals surface area contributed by atoms with Crippen LogP contribution in [-0.2, 0) is 0 Å². The van der Waals surface area contributed by atoms with Crippen molar-refractivity contribution < 1.29 is 0 Å². The number of hydrogen-bond donors (Lipinski definition) is 1. The second kappa shape index (κ2) is 6.44. The third-order valence-corrected chi connectivity index (χ3v) is 18.0. The van der Waals surface area contributed by atoms with Crippen molar-refractivity contribution in [2.45, 2.75) is 103 Å². The topological polar surface area (TPSA) is 12.0 Å². The summed E-state index contributed by atoms with van der Waals surface area (Å²) in [4.78, 5) is 0. The minimum absolute atomic E-state index is 0.480. The maximum atomic E-state index is 4.26. The predicted molar refractivity (Wildman–Crippen MR) is 96.0 cm³/mol. The molecule has 0 aromatic carbocycles. The molecule has 0 aliphatic heterocycles. The van der Waals surface area contributed by atoms with Gasteiger partial charge in [0, 0.05) is 0 Å². The Balaban J connectivity index is 5.09. The van der Waals surface area contributed by atoms with Gasteiger partial charge in [-0.25, -0.2) is 0 Å². The SMILES string of the molecule is CCCC(C)(C)[Si](C)(C)N[Si](C)(C)C(C)(C)CCC. The summed E-state index contributed by atoms with van der Waals surface area (Å²) in [6.45, 7) is 24.7. The van der Waals surface area contributed by atoms with Crippen molar-refractivity contribution >= 4 is 16.5 Å². The summed E-state index contributed by atoms with van der Waals surface area (Å²) in [6.07, 6.45) is 5.28. The highest BCUT2D eigenvalue weighted by atomic mass is 28.4. The minimum Gasteiger partial charge on any atom is -0.359 e. The number of hydrogen-bond acceptors (Lipinski definition) is 1. The van der Waals surface area contributed by atoms with Crippen LogP contribution in [-0.4, -0.2) is 16.5 Å². The lowest BCUT2D eigenvalue weighted by Gasteiger charge is -2.50. The van der Waals surface area contributed by atoms with Crippen LogP contribution in [0.3, 0.4) is 0 Å². The molecule has 0 aliphatic carbocycles. The first kappa shape index (κ1) is 19.4. The van der Waals surface area contributed by atoms with Gasteiger partial charge in [-0.3, -0.25) is 0 Å². The molecular formula is C16H39NSi2. The van der Waals surface area contributed by atoms with Crippen molar-refractivity contribution in [3.05, 3.63) is 0 Å². The van der Waals surface area contributed by atoms with E-state index in [1.165, 1.54) is 25.7 Å². The molecule has 0 bridgehead atoms. The maximum Gasteiger partial charge on any atom is 0.118 e. The average molecular weight is 302 g/mol. The first-order valence-corrected chi connectivity index (χ1v) is 14.1. The monoisotopic (exact) mass is 301 g/mol. The summed E-state index contributed by atoms with van der Waals surface area (Å²) >= 11 is 0. The van der Waals surface area contributed by atoms with Crippen LogP contribution in [0.15, 0.2) is 0 Å². The molecule has 0 fully saturated rings. The minimum atomic E-state index is -1.41. The zero-order valence-electron chi connectivity index (χ0n) is 15.3. The van der Waals surface area contributed by atoms with Gasteiger partial charge in [-0.15, -0.1) is 0 Å². The molecule has 0 aliphatic rings. The van der Waals surface area contributed by atoms with Crippen molar-refractivity contribution in [2.24, 2.45) is 0 Å². The van der Waals surface area contributed by atoms with Crippen LogP contribution in [0.25, 0.3) is 0 Å². The van der Waals surface area contributed by atoms with E-state index < -0.39 is 16.5 Å². The molecule has 1 nitrogen and oxygen atoms in total. The normalized spacial score (nSPS) is 14.8. The average Bonchev–Trinajstić information content (AvgIpc) is 2.14. The number of rotatable bonds is 8. The van der Waals surface area contributed by atoms with Crippen LogP contribution in [0, 0.1) is 0 Å². The summed E-state index contributed by atoms with van der Waals surface area (Å²) in [7, 11) is -2.83. The molecule has 0 heterocycles. The Morgan fingerprint density at radius 3 is 1.16 bits per heavy atom. The summed E-state index contributed by atoms with van der Waals surface area (Å²) in [5.74, 6) is 0. The highest BCUT2D eigenvalue weighted by molar-refractivity contribution is 6.93. The van der Waals surface area contributed by atoms with E-state index in [0.717, 1.165) is 0 Å². The quantitative estimate of drug-likeness (QED) is 0.530. The lowest BCUT2D eigenvalue weighted by Crippen LogP contribution is -2.67. The molecule has 0 atom stereocenters. The largest absolute Gasteiger partial charge is 0.359 e. The fraction of sp³-hybridized carbons (Fsp3) is 1.00. The summed E-state index contributed by atoms with van der Waals surface area (Å²) < 4.78 is 4.26. The fourth-order valence-corrected chi connectivity index (χ4v) is 13.7. The van der Waals surface area contributed by atoms with E-state index in [2.05, 4.69) is 72.4 Å². The van der Waals surface area contributed by atoms with Gasteiger partial charge in [0.25, 0.3) is 0 Å². The van der Waals surface area contributed by atoms with Crippen molar-refractivity contribution in [3.63, 3.8) is 0 Å². The Kier molecular flexibility index (Phi) is 6.57. The number of nitrogens with one attached hydrogen (secondary N) is 1. The third-order valence-electron chi connectivity index (χ3n) is 5.76. The Labute approximate surface area is 125 Å². The Hall–Kier alpha value is 0.394. The van der Waals surface area contributed by atoms with E-state index in [1.807, 2.05) is 0 Å². The maximum absolute atomic E-state index is 4.26. The molecule has 0 rings (SSSR count). The lowest BCUT2D eigenvalue weighted by molar-refractivity contribution is 0.550. The standard InChI is InChI=1S/C16H39NSi2/c1-11-13-15(3,4)18(7,8)17-19(9,10)16(5,6)14-12-2/h17H,11-14H2,1-10H3. The molecule has 0 unspecified atom stereocenters. The predicted octanol–water partition coefficient (Wildman–Crippen LogP) is 6.15. The van der Waals surface area contributed by atoms with Gasteiger partial charge in [-0.05, 0) is 22.9 Å². The molecule has 0 saturated carbocycles. The second-order valence-electron chi connectivity index (χ2n) is 8.64. The fourth-order valence-electron chi connectivity index (χ4n) is 2.99. The smallest absolute Gasteiger partial charge is 0.118 e. The zero-order chi connectivity index (χ0) is 15.5. The van der Waals surface area contributed by atoms with Crippen molar-refractivity contribution in [1.82, 2.24) is 4.65 Å². The van der Waals surface area contributed by atoms with Gasteiger partial charge >= 0.3 is 0 Å². The van der Waals surface area contributed by atoms with Crippen LogP contribution < -0.4 is 4.65 Å². The van der Waals surface area contributed by atoms with Gasteiger partial charge < -0.3 is 4.65 Å². The first-order chi connectivity index (χ1) is 8.33. The summed E-state index contributed by atoms with van der Waals surface area (Å²) in [5.41, 5.74) is 0. The van der Waals surface area contributed by atoms with Crippen molar-refractivity contribution in [1.29, 1.82) is 0 Å². The Bertz CT molecular complexity index is 252. The van der Waals surface area contributed by atoms with E-state index in [0.29, 0.717) is 10.1 Å². The van der Waals surface area contributed by atoms with Gasteiger partial charge in [0.05, 0.1) is 0 Å². The van der Waals surface area contributed by atoms with Crippen LogP contribution in [0.1, 0.15) is 67.2 Å². The molecule has 0 radical (unpaired) electrons. The zero-order valence-corrected chi connectivity index (χ0v) is 17.3. The molecule has 3 heteroatoms. The van der Waals surface area contributed by atoms with Crippen molar-refractivity contribution in [3.8, 4) is 0 Å². The molecule has 0 amide bonds. The van der Waals surface area contributed by atoms with Gasteiger partial charge in [0.2, 0.25) is 0 Å². The Morgan fingerprint density at radius 2 is 0.947 bits per heavy atom. The van der Waals surface area contributed by atoms with E-state index in [-0.39, 0.29) is 0 Å². The van der Waals surface area contributed by atoms with Gasteiger partial charge in [-0.2, -0.15) is 0 Å². The van der Waals surface area contributed by atoms with Crippen LogP contribution >= 0.6 is 0 Å². The molecule has 19 heavy (non-hydrogen) atoms. The second-order valence-corrected chi connectivity index (χ2v) is 18.8. The molecular weight excluding hydrogens is 262 g/mol. The molecule has 0 spiro atoms. The van der Waals surface area contributed by atoms with Crippen LogP contribution in [0.4, 0.5) is 0 Å². The molecule has 116 valence electrons. The third kappa shape index (κ3) is 4.71. The van der Waals surface area contributed by atoms with E-state index in [9.17, 15) is 0 Å².